The van der Waals surface area contributed by atoms with Crippen molar-refractivity contribution in [1.82, 2.24) is 10.2 Å². The van der Waals surface area contributed by atoms with Crippen LogP contribution in [0.25, 0.3) is 0 Å². The maximum absolute atomic E-state index is 12.2. The standard InChI is InChI=1S/C14H14N2O5S2.Na/c17-5-7-6-23-13-10(12(19)16(13)11(7)14(20)21)15-9(18)4-8-2-1-3-22-8;/h1-3,10,13,17H,4-6H2,(H,15,18)(H,20,21);/q;+1/p-1. The number of thioether (sulfide) groups is 1. The molecule has 1 saturated heterocycles. The maximum Gasteiger partial charge on any atom is 1.00 e. The van der Waals surface area contributed by atoms with E-state index in [-0.39, 0.29) is 58.9 Å². The number of carbonyl (C=O) groups is 3. The van der Waals surface area contributed by atoms with Crippen LogP contribution in [0.2, 0.25) is 0 Å². The van der Waals surface area contributed by atoms with Crippen molar-refractivity contribution in [3.8, 4) is 0 Å². The number of aliphatic carboxylic acids is 1. The fraction of sp³-hybridized carbons (Fsp3) is 0.357. The number of carbonyl (C=O) groups excluding carboxylic acids is 3. The van der Waals surface area contributed by atoms with Crippen molar-refractivity contribution >= 4 is 40.9 Å². The topological polar surface area (TPSA) is 110 Å². The van der Waals surface area contributed by atoms with E-state index in [0.717, 1.165) is 9.78 Å². The zero-order valence-corrected chi connectivity index (χ0v) is 16.5. The van der Waals surface area contributed by atoms with Gasteiger partial charge in [-0.2, -0.15) is 0 Å². The Morgan fingerprint density at radius 3 is 2.79 bits per heavy atom. The monoisotopic (exact) mass is 376 g/mol. The minimum absolute atomic E-state index is 0. The molecule has 2 aliphatic heterocycles. The second kappa shape index (κ2) is 8.03. The summed E-state index contributed by atoms with van der Waals surface area (Å²) in [6.07, 6.45) is 0.184. The minimum Gasteiger partial charge on any atom is -0.543 e. The number of carboxylic acids is 1. The summed E-state index contributed by atoms with van der Waals surface area (Å²) in [6, 6.07) is 2.93. The summed E-state index contributed by atoms with van der Waals surface area (Å²) >= 11 is 2.77. The molecule has 0 spiro atoms. The second-order valence-corrected chi connectivity index (χ2v) is 7.25. The first-order chi connectivity index (χ1) is 11.0. The largest absolute Gasteiger partial charge is 1.00 e. The van der Waals surface area contributed by atoms with E-state index >= 15 is 0 Å². The van der Waals surface area contributed by atoms with Crippen LogP contribution >= 0.6 is 23.1 Å². The molecule has 2 atom stereocenters. The van der Waals surface area contributed by atoms with E-state index < -0.39 is 29.9 Å². The Morgan fingerprint density at radius 1 is 1.46 bits per heavy atom. The summed E-state index contributed by atoms with van der Waals surface area (Å²) < 4.78 is 0. The van der Waals surface area contributed by atoms with Crippen LogP contribution in [0.5, 0.6) is 0 Å². The van der Waals surface area contributed by atoms with Gasteiger partial charge in [0.05, 0.1) is 24.7 Å². The van der Waals surface area contributed by atoms with E-state index in [0.29, 0.717) is 0 Å². The number of nitrogens with one attached hydrogen (secondary N) is 1. The predicted molar refractivity (Wildman–Crippen MR) is 82.2 cm³/mol. The van der Waals surface area contributed by atoms with Gasteiger partial charge in [0, 0.05) is 10.6 Å². The van der Waals surface area contributed by atoms with Gasteiger partial charge in [-0.15, -0.1) is 23.1 Å². The second-order valence-electron chi connectivity index (χ2n) is 5.11. The van der Waals surface area contributed by atoms with E-state index in [1.807, 2.05) is 17.5 Å². The summed E-state index contributed by atoms with van der Waals surface area (Å²) in [5, 5.41) is 24.5. The van der Waals surface area contributed by atoms with Crippen molar-refractivity contribution in [2.75, 3.05) is 12.4 Å². The average Bonchev–Trinajstić information content (AvgIpc) is 3.03. The maximum atomic E-state index is 12.2. The number of carboxylic acid groups (broad SMARTS) is 1. The molecular weight excluding hydrogens is 363 g/mol. The molecule has 10 heteroatoms. The summed E-state index contributed by atoms with van der Waals surface area (Å²) in [6.45, 7) is -0.442. The van der Waals surface area contributed by atoms with Crippen molar-refractivity contribution < 1.29 is 54.2 Å². The molecule has 0 bridgehead atoms. The Hall–Kier alpha value is -0.840. The first kappa shape index (κ1) is 19.5. The molecule has 3 rings (SSSR count). The molecule has 0 radical (unpaired) electrons. The fourth-order valence-corrected chi connectivity index (χ4v) is 4.63. The summed E-state index contributed by atoms with van der Waals surface area (Å²) in [7, 11) is 0. The number of nitrogens with zero attached hydrogens (tertiary/aromatic N) is 1. The van der Waals surface area contributed by atoms with Crippen LogP contribution in [0.1, 0.15) is 4.88 Å². The zero-order chi connectivity index (χ0) is 16.6. The van der Waals surface area contributed by atoms with Gasteiger partial charge in [-0.3, -0.25) is 14.5 Å². The van der Waals surface area contributed by atoms with E-state index in [1.54, 1.807) is 0 Å². The Labute approximate surface area is 168 Å². The Kier molecular flexibility index (Phi) is 6.52. The van der Waals surface area contributed by atoms with Crippen LogP contribution < -0.4 is 40.0 Å². The van der Waals surface area contributed by atoms with Crippen molar-refractivity contribution in [3.63, 3.8) is 0 Å². The summed E-state index contributed by atoms with van der Waals surface area (Å²) in [5.74, 6) is -1.98. The van der Waals surface area contributed by atoms with E-state index in [4.69, 9.17) is 0 Å². The van der Waals surface area contributed by atoms with Crippen molar-refractivity contribution in [2.45, 2.75) is 17.8 Å². The molecule has 2 unspecified atom stereocenters. The van der Waals surface area contributed by atoms with Gasteiger partial charge in [0.2, 0.25) is 5.91 Å². The number of β-lactam (4-membered cyclic amide) rings is 1. The summed E-state index contributed by atoms with van der Waals surface area (Å²) in [5.41, 5.74) is -0.0204. The molecule has 1 aromatic heterocycles. The SMILES string of the molecule is O=C(Cc1cccs1)NC1C(=O)N2C(C(=O)[O-])=C(CO)CSC12.[Na+]. The van der Waals surface area contributed by atoms with Crippen LogP contribution in [0.15, 0.2) is 28.8 Å². The third-order valence-electron chi connectivity index (χ3n) is 3.66. The number of aliphatic hydroxyl groups is 1. The smallest absolute Gasteiger partial charge is 0.543 e. The van der Waals surface area contributed by atoms with Crippen molar-refractivity contribution in [2.24, 2.45) is 0 Å². The van der Waals surface area contributed by atoms with Gasteiger partial charge in [-0.1, -0.05) is 6.07 Å². The molecule has 2 amide bonds. The molecule has 2 aliphatic rings. The minimum atomic E-state index is -1.49. The molecule has 7 nitrogen and oxygen atoms in total. The predicted octanol–water partition coefficient (Wildman–Crippen LogP) is -4.31. The first-order valence-corrected chi connectivity index (χ1v) is 8.76. The van der Waals surface area contributed by atoms with Crippen LogP contribution in [-0.4, -0.2) is 51.6 Å². The van der Waals surface area contributed by atoms with Gasteiger partial charge in [-0.25, -0.2) is 0 Å². The zero-order valence-electron chi connectivity index (χ0n) is 12.9. The first-order valence-electron chi connectivity index (χ1n) is 6.83. The Balaban J connectivity index is 0.00000208. The fourth-order valence-electron chi connectivity index (χ4n) is 2.59. The summed E-state index contributed by atoms with van der Waals surface area (Å²) in [4.78, 5) is 37.4. The van der Waals surface area contributed by atoms with Crippen LogP contribution in [-0.2, 0) is 20.8 Å². The van der Waals surface area contributed by atoms with Gasteiger partial charge < -0.3 is 20.3 Å². The van der Waals surface area contributed by atoms with Gasteiger partial charge in [0.1, 0.15) is 11.4 Å². The van der Waals surface area contributed by atoms with E-state index in [2.05, 4.69) is 5.32 Å². The van der Waals surface area contributed by atoms with Crippen LogP contribution in [0.4, 0.5) is 0 Å². The molecule has 0 aliphatic carbocycles. The number of aliphatic hydroxyl groups excluding tert-OH is 1. The number of hydrogen-bond acceptors (Lipinski definition) is 7. The number of fused-ring (bicyclic) bond motifs is 1. The average molecular weight is 376 g/mol. The molecular formula is C14H13N2NaO5S2. The van der Waals surface area contributed by atoms with E-state index in [9.17, 15) is 24.6 Å². The molecule has 3 heterocycles. The van der Waals surface area contributed by atoms with Gasteiger partial charge in [-0.05, 0) is 17.0 Å². The Morgan fingerprint density at radius 2 is 2.21 bits per heavy atom. The van der Waals surface area contributed by atoms with Crippen LogP contribution in [0, 0.1) is 0 Å². The third kappa shape index (κ3) is 3.56. The van der Waals surface area contributed by atoms with Gasteiger partial charge in [0.15, 0.2) is 0 Å². The number of hydrogen-bond donors (Lipinski definition) is 2. The Bertz CT molecular complexity index is 691. The normalized spacial score (nSPS) is 22.4. The van der Waals surface area contributed by atoms with Gasteiger partial charge in [0.25, 0.3) is 5.91 Å². The molecule has 0 saturated carbocycles. The third-order valence-corrected chi connectivity index (χ3v) is 5.88. The van der Waals surface area contributed by atoms with Gasteiger partial charge >= 0.3 is 29.6 Å². The number of rotatable bonds is 5. The quantitative estimate of drug-likeness (QED) is 0.397. The molecule has 2 N–H and O–H groups in total. The molecule has 24 heavy (non-hydrogen) atoms. The van der Waals surface area contributed by atoms with Crippen molar-refractivity contribution in [1.29, 1.82) is 0 Å². The number of thiophene rings is 1. The molecule has 0 aromatic carbocycles. The van der Waals surface area contributed by atoms with Crippen LogP contribution in [0.3, 0.4) is 0 Å². The van der Waals surface area contributed by atoms with E-state index in [1.165, 1.54) is 23.1 Å². The number of amides is 2. The molecule has 122 valence electrons. The van der Waals surface area contributed by atoms with Crippen molar-refractivity contribution in [3.05, 3.63) is 33.7 Å². The molecule has 1 fully saturated rings. The molecule has 1 aromatic rings.